The maximum absolute atomic E-state index is 12.3. The lowest BCUT2D eigenvalue weighted by Gasteiger charge is -2.55. The SMILES string of the molecule is C=Cc1ccccc1OC(=O)OC12CC3CC(CC(C3)C1)C2. The summed E-state index contributed by atoms with van der Waals surface area (Å²) in [5.41, 5.74) is 0.555. The molecule has 0 aromatic heterocycles. The van der Waals surface area contributed by atoms with Crippen LogP contribution in [-0.4, -0.2) is 11.8 Å². The van der Waals surface area contributed by atoms with E-state index in [1.807, 2.05) is 18.2 Å². The van der Waals surface area contributed by atoms with Crippen LogP contribution in [0, 0.1) is 17.8 Å². The molecule has 0 amide bonds. The molecule has 4 saturated carbocycles. The smallest absolute Gasteiger partial charge is 0.427 e. The third kappa shape index (κ3) is 2.43. The highest BCUT2D eigenvalue weighted by molar-refractivity contribution is 5.68. The Balaban J connectivity index is 1.47. The summed E-state index contributed by atoms with van der Waals surface area (Å²) < 4.78 is 11.3. The lowest BCUT2D eigenvalue weighted by Crippen LogP contribution is -2.53. The fourth-order valence-corrected chi connectivity index (χ4v) is 5.19. The quantitative estimate of drug-likeness (QED) is 0.593. The van der Waals surface area contributed by atoms with E-state index in [1.165, 1.54) is 19.3 Å². The fourth-order valence-electron chi connectivity index (χ4n) is 5.19. The number of carbonyl (C=O) groups is 1. The number of benzene rings is 1. The molecule has 0 N–H and O–H groups in total. The summed E-state index contributed by atoms with van der Waals surface area (Å²) >= 11 is 0. The Hall–Kier alpha value is -1.77. The molecule has 4 aliphatic rings. The average molecular weight is 298 g/mol. The van der Waals surface area contributed by atoms with Gasteiger partial charge in [-0.1, -0.05) is 30.9 Å². The highest BCUT2D eigenvalue weighted by Gasteiger charge is 2.53. The summed E-state index contributed by atoms with van der Waals surface area (Å²) in [6, 6.07) is 7.40. The number of hydrogen-bond donors (Lipinski definition) is 0. The first-order valence-electron chi connectivity index (χ1n) is 8.28. The zero-order valence-electron chi connectivity index (χ0n) is 12.8. The van der Waals surface area contributed by atoms with Crippen LogP contribution in [0.25, 0.3) is 6.08 Å². The second-order valence-corrected chi connectivity index (χ2v) is 7.30. The van der Waals surface area contributed by atoms with Gasteiger partial charge in [-0.2, -0.15) is 0 Å². The van der Waals surface area contributed by atoms with E-state index >= 15 is 0 Å². The van der Waals surface area contributed by atoms with Gasteiger partial charge in [0.1, 0.15) is 11.4 Å². The van der Waals surface area contributed by atoms with Crippen molar-refractivity contribution in [1.29, 1.82) is 0 Å². The van der Waals surface area contributed by atoms with Crippen LogP contribution in [0.3, 0.4) is 0 Å². The minimum absolute atomic E-state index is 0.255. The van der Waals surface area contributed by atoms with E-state index in [1.54, 1.807) is 12.1 Å². The van der Waals surface area contributed by atoms with Crippen LogP contribution in [0.15, 0.2) is 30.8 Å². The molecular weight excluding hydrogens is 276 g/mol. The van der Waals surface area contributed by atoms with E-state index in [4.69, 9.17) is 9.47 Å². The number of para-hydroxylation sites is 1. The Kier molecular flexibility index (Phi) is 3.24. The molecule has 3 nitrogen and oxygen atoms in total. The predicted octanol–water partition coefficient (Wildman–Crippen LogP) is 4.81. The van der Waals surface area contributed by atoms with E-state index in [0.29, 0.717) is 5.75 Å². The Morgan fingerprint density at radius 2 is 1.68 bits per heavy atom. The van der Waals surface area contributed by atoms with Crippen molar-refractivity contribution < 1.29 is 14.3 Å². The molecule has 5 rings (SSSR count). The van der Waals surface area contributed by atoms with E-state index in [9.17, 15) is 4.79 Å². The zero-order chi connectivity index (χ0) is 15.2. The van der Waals surface area contributed by atoms with Gasteiger partial charge >= 0.3 is 6.16 Å². The Morgan fingerprint density at radius 1 is 1.09 bits per heavy atom. The molecule has 0 heterocycles. The first kappa shape index (κ1) is 13.9. The summed E-state index contributed by atoms with van der Waals surface area (Å²) in [5.74, 6) is 2.77. The predicted molar refractivity (Wildman–Crippen MR) is 84.5 cm³/mol. The molecule has 22 heavy (non-hydrogen) atoms. The minimum Gasteiger partial charge on any atom is -0.427 e. The molecule has 0 saturated heterocycles. The topological polar surface area (TPSA) is 35.5 Å². The van der Waals surface area contributed by atoms with Crippen LogP contribution in [0.1, 0.15) is 44.1 Å². The Bertz CT molecular complexity index is 569. The van der Waals surface area contributed by atoms with Crippen molar-refractivity contribution in [3.63, 3.8) is 0 Å². The van der Waals surface area contributed by atoms with Crippen molar-refractivity contribution in [2.24, 2.45) is 17.8 Å². The van der Waals surface area contributed by atoms with Crippen LogP contribution in [-0.2, 0) is 4.74 Å². The van der Waals surface area contributed by atoms with Gasteiger partial charge in [0.15, 0.2) is 0 Å². The maximum atomic E-state index is 12.3. The van der Waals surface area contributed by atoms with E-state index in [0.717, 1.165) is 42.6 Å². The number of ether oxygens (including phenoxy) is 2. The Labute approximate surface area is 131 Å². The molecule has 0 spiro atoms. The monoisotopic (exact) mass is 298 g/mol. The molecule has 0 atom stereocenters. The van der Waals surface area contributed by atoms with Crippen LogP contribution in [0.4, 0.5) is 4.79 Å². The van der Waals surface area contributed by atoms with Crippen LogP contribution in [0.5, 0.6) is 5.75 Å². The lowest BCUT2D eigenvalue weighted by atomic mass is 9.54. The molecule has 3 heteroatoms. The molecule has 1 aromatic carbocycles. The number of rotatable bonds is 3. The molecular formula is C19H22O3. The summed E-state index contributed by atoms with van der Waals surface area (Å²) in [7, 11) is 0. The van der Waals surface area contributed by atoms with Crippen LogP contribution >= 0.6 is 0 Å². The highest BCUT2D eigenvalue weighted by Crippen LogP contribution is 2.57. The van der Waals surface area contributed by atoms with Gasteiger partial charge in [0.2, 0.25) is 0 Å². The lowest BCUT2D eigenvalue weighted by molar-refractivity contribution is -0.135. The van der Waals surface area contributed by atoms with Crippen molar-refractivity contribution in [2.45, 2.75) is 44.1 Å². The second-order valence-electron chi connectivity index (χ2n) is 7.30. The Morgan fingerprint density at radius 3 is 2.27 bits per heavy atom. The van der Waals surface area contributed by atoms with Gasteiger partial charge in [-0.15, -0.1) is 0 Å². The second kappa shape index (κ2) is 5.15. The van der Waals surface area contributed by atoms with E-state index < -0.39 is 6.16 Å². The maximum Gasteiger partial charge on any atom is 0.514 e. The van der Waals surface area contributed by atoms with Crippen molar-refractivity contribution in [2.75, 3.05) is 0 Å². The van der Waals surface area contributed by atoms with Gasteiger partial charge in [-0.25, -0.2) is 4.79 Å². The highest BCUT2D eigenvalue weighted by atomic mass is 16.7. The van der Waals surface area contributed by atoms with Gasteiger partial charge < -0.3 is 9.47 Å². The molecule has 0 radical (unpaired) electrons. The molecule has 0 aliphatic heterocycles. The van der Waals surface area contributed by atoms with Gasteiger partial charge in [-0.05, 0) is 62.3 Å². The summed E-state index contributed by atoms with van der Waals surface area (Å²) in [6.07, 6.45) is 8.19. The first-order valence-corrected chi connectivity index (χ1v) is 8.28. The van der Waals surface area contributed by atoms with E-state index in [-0.39, 0.29) is 5.60 Å². The third-order valence-electron chi connectivity index (χ3n) is 5.61. The summed E-state index contributed by atoms with van der Waals surface area (Å²) in [6.45, 7) is 3.75. The van der Waals surface area contributed by atoms with Crippen LogP contribution in [0.2, 0.25) is 0 Å². The standard InChI is InChI=1S/C19H22O3/c1-2-16-5-3-4-6-17(16)21-18(20)22-19-10-13-7-14(11-19)9-15(8-13)12-19/h2-6,13-15H,1,7-12H2. The van der Waals surface area contributed by atoms with Gasteiger partial charge in [0.05, 0.1) is 0 Å². The van der Waals surface area contributed by atoms with E-state index in [2.05, 4.69) is 6.58 Å². The molecule has 4 bridgehead atoms. The van der Waals surface area contributed by atoms with Crippen LogP contribution < -0.4 is 4.74 Å². The minimum atomic E-state index is -0.559. The molecule has 116 valence electrons. The first-order chi connectivity index (χ1) is 10.7. The van der Waals surface area contributed by atoms with Gasteiger partial charge in [-0.3, -0.25) is 0 Å². The number of hydrogen-bond acceptors (Lipinski definition) is 3. The molecule has 0 unspecified atom stereocenters. The summed E-state index contributed by atoms with van der Waals surface area (Å²) in [5, 5.41) is 0. The summed E-state index contributed by atoms with van der Waals surface area (Å²) in [4.78, 5) is 12.3. The molecule has 4 fully saturated rings. The van der Waals surface area contributed by atoms with Gasteiger partial charge in [0.25, 0.3) is 0 Å². The van der Waals surface area contributed by atoms with Gasteiger partial charge in [0, 0.05) is 5.56 Å². The van der Waals surface area contributed by atoms with Crippen molar-refractivity contribution in [1.82, 2.24) is 0 Å². The third-order valence-corrected chi connectivity index (χ3v) is 5.61. The van der Waals surface area contributed by atoms with Crippen molar-refractivity contribution in [3.8, 4) is 5.75 Å². The number of carbonyl (C=O) groups excluding carboxylic acids is 1. The zero-order valence-corrected chi connectivity index (χ0v) is 12.8. The fraction of sp³-hybridized carbons (Fsp3) is 0.526. The largest absolute Gasteiger partial charge is 0.514 e. The molecule has 4 aliphatic carbocycles. The van der Waals surface area contributed by atoms with Crippen molar-refractivity contribution in [3.05, 3.63) is 36.4 Å². The van der Waals surface area contributed by atoms with Crippen molar-refractivity contribution >= 4 is 12.2 Å². The molecule has 1 aromatic rings. The normalized spacial score (nSPS) is 35.2. The average Bonchev–Trinajstić information content (AvgIpc) is 2.45.